The van der Waals surface area contributed by atoms with Crippen LogP contribution in [0, 0.1) is 0 Å². The molecule has 0 fully saturated rings. The Bertz CT molecular complexity index is 571. The van der Waals surface area contributed by atoms with Gasteiger partial charge in [0.1, 0.15) is 0 Å². The van der Waals surface area contributed by atoms with Gasteiger partial charge in [-0.1, -0.05) is 71.4 Å². The summed E-state index contributed by atoms with van der Waals surface area (Å²) in [6.45, 7) is 0.460. The molecule has 0 aliphatic carbocycles. The first-order valence-electron chi connectivity index (χ1n) is 8.82. The van der Waals surface area contributed by atoms with Crippen molar-refractivity contribution >= 4 is 45.2 Å². The molecule has 1 N–H and O–H groups in total. The normalized spacial score (nSPS) is 17.0. The summed E-state index contributed by atoms with van der Waals surface area (Å²) in [5, 5.41) is 8.58. The van der Waals surface area contributed by atoms with Gasteiger partial charge in [-0.3, -0.25) is 0 Å². The first-order valence-corrected chi connectivity index (χ1v) is 11.3. The number of alkyl halides is 14. The molecule has 0 aromatic rings. The molecular weight excluding hydrogens is 690 g/mol. The van der Waals surface area contributed by atoms with Crippen molar-refractivity contribution < 1.29 is 57.8 Å². The van der Waals surface area contributed by atoms with Gasteiger partial charge in [0.25, 0.3) is 0 Å². The van der Waals surface area contributed by atoms with E-state index in [1.165, 1.54) is 22.6 Å². The van der Waals surface area contributed by atoms with Crippen molar-refractivity contribution in [2.24, 2.45) is 0 Å². The van der Waals surface area contributed by atoms with E-state index in [4.69, 9.17) is 5.11 Å². The molecule has 2 unspecified atom stereocenters. The molecule has 0 aliphatic heterocycles. The highest BCUT2D eigenvalue weighted by molar-refractivity contribution is 14.1. The second-order valence-corrected chi connectivity index (χ2v) is 10.5. The van der Waals surface area contributed by atoms with Crippen LogP contribution >= 0.6 is 45.2 Å². The standard InChI is InChI=1S/C16H20F12I2O/c1-2-3-4-5-9(29)6-11(17,18)13(21,22)15(25,26)16(27,28)14(23,24)12(19,20)7-10(30)8-31/h9-10,31H,2-8H2,1H3. The van der Waals surface area contributed by atoms with E-state index in [0.29, 0.717) is 12.8 Å². The van der Waals surface area contributed by atoms with Crippen molar-refractivity contribution in [1.29, 1.82) is 0 Å². The third-order valence-corrected chi connectivity index (χ3v) is 6.27. The maximum absolute atomic E-state index is 13.9. The van der Waals surface area contributed by atoms with E-state index in [-0.39, 0.29) is 12.8 Å². The third kappa shape index (κ3) is 6.38. The molecule has 1 nitrogen and oxygen atoms in total. The van der Waals surface area contributed by atoms with Gasteiger partial charge >= 0.3 is 35.5 Å². The molecule has 15 heteroatoms. The van der Waals surface area contributed by atoms with Crippen molar-refractivity contribution in [2.45, 2.75) is 88.8 Å². The van der Waals surface area contributed by atoms with Gasteiger partial charge in [-0.15, -0.1) is 0 Å². The molecule has 0 aromatic heterocycles. The Hall–Kier alpha value is 0.580. The number of halogens is 14. The van der Waals surface area contributed by atoms with Crippen LogP contribution in [-0.4, -0.2) is 55.1 Å². The lowest BCUT2D eigenvalue weighted by atomic mass is 9.88. The fourth-order valence-electron chi connectivity index (χ4n) is 2.45. The predicted octanol–water partition coefficient (Wildman–Crippen LogP) is 7.76. The van der Waals surface area contributed by atoms with Crippen molar-refractivity contribution in [3.63, 3.8) is 0 Å². The highest BCUT2D eigenvalue weighted by atomic mass is 127. The van der Waals surface area contributed by atoms with Gasteiger partial charge in [0.15, 0.2) is 0 Å². The lowest BCUT2D eigenvalue weighted by Gasteiger charge is -2.42. The van der Waals surface area contributed by atoms with Crippen LogP contribution in [0.4, 0.5) is 52.7 Å². The molecule has 0 rings (SSSR count). The number of aliphatic hydroxyl groups is 1. The van der Waals surface area contributed by atoms with Gasteiger partial charge in [0.2, 0.25) is 0 Å². The molecule has 0 saturated heterocycles. The summed E-state index contributed by atoms with van der Waals surface area (Å²) < 4.78 is 162. The van der Waals surface area contributed by atoms with Crippen LogP contribution in [0.5, 0.6) is 0 Å². The fourth-order valence-corrected chi connectivity index (χ4v) is 4.00. The zero-order valence-electron chi connectivity index (χ0n) is 15.8. The van der Waals surface area contributed by atoms with Gasteiger partial charge < -0.3 is 5.11 Å². The second kappa shape index (κ2) is 10.9. The lowest BCUT2D eigenvalue weighted by Crippen LogP contribution is -2.71. The number of rotatable bonds is 14. The molecular formula is C16H20F12I2O. The Morgan fingerprint density at radius 3 is 1.29 bits per heavy atom. The Morgan fingerprint density at radius 1 is 0.613 bits per heavy atom. The molecule has 0 spiro atoms. The van der Waals surface area contributed by atoms with Crippen molar-refractivity contribution in [2.75, 3.05) is 6.61 Å². The molecule has 0 aliphatic rings. The monoisotopic (exact) mass is 710 g/mol. The van der Waals surface area contributed by atoms with Crippen molar-refractivity contribution in [1.82, 2.24) is 0 Å². The molecule has 0 aromatic carbocycles. The summed E-state index contributed by atoms with van der Waals surface area (Å²) in [5.41, 5.74) is 0. The lowest BCUT2D eigenvalue weighted by molar-refractivity contribution is -0.425. The molecule has 0 radical (unpaired) electrons. The minimum absolute atomic E-state index is 0.172. The first kappa shape index (κ1) is 31.6. The number of aliphatic hydroxyl groups excluding tert-OH is 1. The quantitative estimate of drug-likeness (QED) is 0.0847. The van der Waals surface area contributed by atoms with E-state index in [1.54, 1.807) is 6.92 Å². The molecule has 0 amide bonds. The summed E-state index contributed by atoms with van der Waals surface area (Å²) in [4.78, 5) is 0. The predicted molar refractivity (Wildman–Crippen MR) is 106 cm³/mol. The zero-order chi connectivity index (χ0) is 25.1. The molecule has 0 saturated carbocycles. The van der Waals surface area contributed by atoms with Crippen LogP contribution in [-0.2, 0) is 0 Å². The highest BCUT2D eigenvalue weighted by Crippen LogP contribution is 2.61. The van der Waals surface area contributed by atoms with Gasteiger partial charge in [-0.25, -0.2) is 0 Å². The Morgan fingerprint density at radius 2 is 0.968 bits per heavy atom. The smallest absolute Gasteiger partial charge is 0.384 e. The second-order valence-electron chi connectivity index (χ2n) is 6.99. The van der Waals surface area contributed by atoms with Gasteiger partial charge in [0, 0.05) is 20.7 Å². The van der Waals surface area contributed by atoms with Crippen LogP contribution in [0.3, 0.4) is 0 Å². The molecule has 2 atom stereocenters. The molecule has 31 heavy (non-hydrogen) atoms. The van der Waals surface area contributed by atoms with Crippen LogP contribution in [0.15, 0.2) is 0 Å². The topological polar surface area (TPSA) is 20.2 Å². The average Bonchev–Trinajstić information content (AvgIpc) is 2.60. The van der Waals surface area contributed by atoms with Crippen LogP contribution in [0.25, 0.3) is 0 Å². The Kier molecular flexibility index (Phi) is 11.1. The van der Waals surface area contributed by atoms with E-state index >= 15 is 0 Å². The summed E-state index contributed by atoms with van der Waals surface area (Å²) >= 11 is 2.11. The Labute approximate surface area is 198 Å². The molecule has 0 bridgehead atoms. The molecule has 0 heterocycles. The SMILES string of the molecule is CCCCCC(I)CC(F)(F)C(F)(F)C(F)(F)C(F)(F)C(F)(F)C(F)(F)CC(I)CO. The van der Waals surface area contributed by atoms with E-state index in [0.717, 1.165) is 22.6 Å². The minimum Gasteiger partial charge on any atom is -0.395 e. The van der Waals surface area contributed by atoms with E-state index in [9.17, 15) is 52.7 Å². The van der Waals surface area contributed by atoms with E-state index in [1.807, 2.05) is 0 Å². The minimum atomic E-state index is -7.55. The highest BCUT2D eigenvalue weighted by Gasteiger charge is 2.89. The number of hydrogen-bond donors (Lipinski definition) is 1. The first-order chi connectivity index (χ1) is 13.7. The van der Waals surface area contributed by atoms with Crippen molar-refractivity contribution in [3.05, 3.63) is 0 Å². The summed E-state index contributed by atoms with van der Waals surface area (Å²) in [7, 11) is 0. The summed E-state index contributed by atoms with van der Waals surface area (Å²) in [5.74, 6) is -41.2. The van der Waals surface area contributed by atoms with Crippen molar-refractivity contribution in [3.8, 4) is 0 Å². The van der Waals surface area contributed by atoms with E-state index < -0.39 is 62.8 Å². The molecule has 188 valence electrons. The fraction of sp³-hybridized carbons (Fsp3) is 1.00. The zero-order valence-corrected chi connectivity index (χ0v) is 20.2. The number of unbranched alkanes of at least 4 members (excludes halogenated alkanes) is 2. The summed E-state index contributed by atoms with van der Waals surface area (Å²) in [6, 6.07) is 0. The largest absolute Gasteiger partial charge is 0.395 e. The van der Waals surface area contributed by atoms with E-state index in [2.05, 4.69) is 0 Å². The number of hydrogen-bond acceptors (Lipinski definition) is 1. The third-order valence-electron chi connectivity index (χ3n) is 4.38. The van der Waals surface area contributed by atoms with Gasteiger partial charge in [-0.2, -0.15) is 52.7 Å². The maximum atomic E-state index is 13.9. The van der Waals surface area contributed by atoms with Gasteiger partial charge in [-0.05, 0) is 6.42 Å². The van der Waals surface area contributed by atoms with Crippen LogP contribution in [0.2, 0.25) is 0 Å². The summed E-state index contributed by atoms with van der Waals surface area (Å²) in [6.07, 6.45) is -3.23. The van der Waals surface area contributed by atoms with Gasteiger partial charge in [0.05, 0.1) is 6.61 Å². The van der Waals surface area contributed by atoms with Crippen LogP contribution < -0.4 is 0 Å². The maximum Gasteiger partial charge on any atom is 0.384 e. The van der Waals surface area contributed by atoms with Crippen LogP contribution in [0.1, 0.15) is 45.4 Å². The average molecular weight is 710 g/mol. The Balaban J connectivity index is 5.99.